The molecule has 0 radical (unpaired) electrons. The lowest BCUT2D eigenvalue weighted by molar-refractivity contribution is 0.102. The van der Waals surface area contributed by atoms with Gasteiger partial charge in [0, 0.05) is 17.1 Å². The SMILES string of the molecule is COc1cc(OC)c2cc(C(=O)Nc3ccc(Oc4ccccc4)cc3)[nH]c2c1OC. The molecule has 4 rings (SSSR count). The quantitative estimate of drug-likeness (QED) is 0.429. The largest absolute Gasteiger partial charge is 0.496 e. The normalized spacial score (nSPS) is 10.5. The van der Waals surface area contributed by atoms with Crippen LogP contribution in [0.4, 0.5) is 5.69 Å². The molecule has 0 saturated heterocycles. The Bertz CT molecular complexity index is 1200. The van der Waals surface area contributed by atoms with Gasteiger partial charge in [-0.05, 0) is 42.5 Å². The number of carbonyl (C=O) groups excluding carboxylic acids is 1. The van der Waals surface area contributed by atoms with Crippen LogP contribution >= 0.6 is 0 Å². The maximum atomic E-state index is 12.8. The van der Waals surface area contributed by atoms with Gasteiger partial charge in [0.1, 0.15) is 22.9 Å². The molecule has 0 saturated carbocycles. The van der Waals surface area contributed by atoms with Gasteiger partial charge in [-0.15, -0.1) is 0 Å². The molecule has 0 fully saturated rings. The van der Waals surface area contributed by atoms with Crippen LogP contribution in [-0.2, 0) is 0 Å². The minimum atomic E-state index is -0.295. The van der Waals surface area contributed by atoms with Crippen LogP contribution in [0.2, 0.25) is 0 Å². The van der Waals surface area contributed by atoms with Crippen LogP contribution < -0.4 is 24.3 Å². The third-order valence-electron chi connectivity index (χ3n) is 4.78. The number of aromatic amines is 1. The minimum absolute atomic E-state index is 0.295. The highest BCUT2D eigenvalue weighted by Gasteiger charge is 2.19. The summed E-state index contributed by atoms with van der Waals surface area (Å²) in [5.74, 6) is 2.71. The fourth-order valence-electron chi connectivity index (χ4n) is 3.29. The summed E-state index contributed by atoms with van der Waals surface area (Å²) >= 11 is 0. The second kappa shape index (κ2) is 8.71. The molecular weight excluding hydrogens is 396 g/mol. The zero-order valence-corrected chi connectivity index (χ0v) is 17.4. The number of rotatable bonds is 7. The number of carbonyl (C=O) groups is 1. The summed E-state index contributed by atoms with van der Waals surface area (Å²) in [6, 6.07) is 20.1. The number of fused-ring (bicyclic) bond motifs is 1. The topological polar surface area (TPSA) is 81.8 Å². The van der Waals surface area contributed by atoms with E-state index in [-0.39, 0.29) is 5.91 Å². The van der Waals surface area contributed by atoms with E-state index in [9.17, 15) is 4.79 Å². The summed E-state index contributed by atoms with van der Waals surface area (Å²) < 4.78 is 22.1. The zero-order valence-electron chi connectivity index (χ0n) is 17.4. The van der Waals surface area contributed by atoms with E-state index in [0.717, 1.165) is 11.1 Å². The monoisotopic (exact) mass is 418 g/mol. The number of H-pyrrole nitrogens is 1. The van der Waals surface area contributed by atoms with Gasteiger partial charge in [-0.25, -0.2) is 0 Å². The molecule has 4 aromatic rings. The van der Waals surface area contributed by atoms with Crippen molar-refractivity contribution >= 4 is 22.5 Å². The fourth-order valence-corrected chi connectivity index (χ4v) is 3.29. The average Bonchev–Trinajstić information content (AvgIpc) is 3.25. The maximum absolute atomic E-state index is 12.8. The molecule has 0 aliphatic carbocycles. The number of benzene rings is 3. The van der Waals surface area contributed by atoms with Crippen molar-refractivity contribution in [3.63, 3.8) is 0 Å². The van der Waals surface area contributed by atoms with Gasteiger partial charge in [-0.2, -0.15) is 0 Å². The molecule has 1 aromatic heterocycles. The first-order valence-corrected chi connectivity index (χ1v) is 9.59. The molecule has 7 nitrogen and oxygen atoms in total. The number of hydrogen-bond donors (Lipinski definition) is 2. The molecule has 0 bridgehead atoms. The summed E-state index contributed by atoms with van der Waals surface area (Å²) in [7, 11) is 4.65. The van der Waals surface area contributed by atoms with Crippen LogP contribution in [0.25, 0.3) is 10.9 Å². The van der Waals surface area contributed by atoms with Gasteiger partial charge < -0.3 is 29.2 Å². The van der Waals surface area contributed by atoms with Gasteiger partial charge in [-0.3, -0.25) is 4.79 Å². The van der Waals surface area contributed by atoms with Gasteiger partial charge in [-0.1, -0.05) is 18.2 Å². The summed E-state index contributed by atoms with van der Waals surface area (Å²) in [6.07, 6.45) is 0. The Balaban J connectivity index is 1.55. The highest BCUT2D eigenvalue weighted by atomic mass is 16.5. The van der Waals surface area contributed by atoms with E-state index >= 15 is 0 Å². The van der Waals surface area contributed by atoms with Crippen LogP contribution in [0.1, 0.15) is 10.5 Å². The van der Waals surface area contributed by atoms with Crippen molar-refractivity contribution in [2.24, 2.45) is 0 Å². The second-order valence-electron chi connectivity index (χ2n) is 6.68. The number of anilines is 1. The van der Waals surface area contributed by atoms with E-state index < -0.39 is 0 Å². The van der Waals surface area contributed by atoms with Gasteiger partial charge in [0.25, 0.3) is 5.91 Å². The lowest BCUT2D eigenvalue weighted by Gasteiger charge is -2.11. The van der Waals surface area contributed by atoms with Crippen molar-refractivity contribution in [3.05, 3.63) is 72.4 Å². The molecular formula is C24H22N2O5. The van der Waals surface area contributed by atoms with Crippen LogP contribution in [0, 0.1) is 0 Å². The minimum Gasteiger partial charge on any atom is -0.496 e. The molecule has 0 spiro atoms. The zero-order chi connectivity index (χ0) is 21.8. The molecule has 1 heterocycles. The number of nitrogens with one attached hydrogen (secondary N) is 2. The molecule has 0 aliphatic rings. The first-order valence-electron chi connectivity index (χ1n) is 9.59. The summed E-state index contributed by atoms with van der Waals surface area (Å²) in [6.45, 7) is 0. The number of hydrogen-bond acceptors (Lipinski definition) is 5. The summed E-state index contributed by atoms with van der Waals surface area (Å²) in [5.41, 5.74) is 1.63. The third kappa shape index (κ3) is 4.11. The highest BCUT2D eigenvalue weighted by Crippen LogP contribution is 2.41. The molecule has 2 N–H and O–H groups in total. The van der Waals surface area contributed by atoms with Gasteiger partial charge >= 0.3 is 0 Å². The van der Waals surface area contributed by atoms with Crippen molar-refractivity contribution in [3.8, 4) is 28.7 Å². The average molecular weight is 418 g/mol. The van der Waals surface area contributed by atoms with Gasteiger partial charge in [0.15, 0.2) is 11.5 Å². The lowest BCUT2D eigenvalue weighted by Crippen LogP contribution is -2.12. The Morgan fingerprint density at radius 3 is 2.13 bits per heavy atom. The van der Waals surface area contributed by atoms with Crippen molar-refractivity contribution < 1.29 is 23.7 Å². The van der Waals surface area contributed by atoms with E-state index in [1.165, 1.54) is 0 Å². The van der Waals surface area contributed by atoms with Crippen molar-refractivity contribution in [1.82, 2.24) is 4.98 Å². The van der Waals surface area contributed by atoms with Crippen molar-refractivity contribution in [2.75, 3.05) is 26.6 Å². The molecule has 0 aliphatic heterocycles. The molecule has 7 heteroatoms. The van der Waals surface area contributed by atoms with Crippen molar-refractivity contribution in [2.45, 2.75) is 0 Å². The number of para-hydroxylation sites is 1. The molecule has 0 atom stereocenters. The standard InChI is InChI=1S/C24H22N2O5/c1-28-20-14-21(29-2)23(30-3)22-18(20)13-19(26-22)24(27)25-15-9-11-17(12-10-15)31-16-7-5-4-6-8-16/h4-14,26H,1-3H3,(H,25,27). The smallest absolute Gasteiger partial charge is 0.272 e. The van der Waals surface area contributed by atoms with E-state index in [2.05, 4.69) is 10.3 Å². The molecule has 158 valence electrons. The van der Waals surface area contributed by atoms with E-state index in [0.29, 0.717) is 39.9 Å². The molecule has 31 heavy (non-hydrogen) atoms. The Kier molecular flexibility index (Phi) is 5.66. The van der Waals surface area contributed by atoms with Crippen LogP contribution in [0.15, 0.2) is 66.7 Å². The van der Waals surface area contributed by atoms with Crippen molar-refractivity contribution in [1.29, 1.82) is 0 Å². The number of ether oxygens (including phenoxy) is 4. The van der Waals surface area contributed by atoms with Crippen LogP contribution in [0.3, 0.4) is 0 Å². The Hall–Kier alpha value is -4.13. The molecule has 0 unspecified atom stereocenters. The fraction of sp³-hybridized carbons (Fsp3) is 0.125. The lowest BCUT2D eigenvalue weighted by atomic mass is 10.2. The number of amides is 1. The molecule has 3 aromatic carbocycles. The Morgan fingerprint density at radius 2 is 1.48 bits per heavy atom. The maximum Gasteiger partial charge on any atom is 0.272 e. The summed E-state index contributed by atoms with van der Waals surface area (Å²) in [4.78, 5) is 15.9. The molecule has 1 amide bonds. The van der Waals surface area contributed by atoms with Gasteiger partial charge in [0.2, 0.25) is 0 Å². The number of methoxy groups -OCH3 is 3. The number of aromatic nitrogens is 1. The van der Waals surface area contributed by atoms with E-state index in [1.54, 1.807) is 57.7 Å². The van der Waals surface area contributed by atoms with E-state index in [1.807, 2.05) is 30.3 Å². The third-order valence-corrected chi connectivity index (χ3v) is 4.78. The second-order valence-corrected chi connectivity index (χ2v) is 6.68. The van der Waals surface area contributed by atoms with Crippen LogP contribution in [0.5, 0.6) is 28.7 Å². The predicted molar refractivity (Wildman–Crippen MR) is 119 cm³/mol. The van der Waals surface area contributed by atoms with E-state index in [4.69, 9.17) is 18.9 Å². The first kappa shape index (κ1) is 20.2. The summed E-state index contributed by atoms with van der Waals surface area (Å²) in [5, 5.41) is 3.59. The van der Waals surface area contributed by atoms with Gasteiger partial charge in [0.05, 0.1) is 26.8 Å². The predicted octanol–water partition coefficient (Wildman–Crippen LogP) is 5.24. The first-order chi connectivity index (χ1) is 15.1. The Morgan fingerprint density at radius 1 is 0.806 bits per heavy atom. The van der Waals surface area contributed by atoms with Crippen LogP contribution in [-0.4, -0.2) is 32.2 Å². The highest BCUT2D eigenvalue weighted by molar-refractivity contribution is 6.08. The Labute approximate surface area is 179 Å².